The van der Waals surface area contributed by atoms with Gasteiger partial charge in [0.05, 0.1) is 0 Å². The highest BCUT2D eigenvalue weighted by atomic mass is 32.1. The van der Waals surface area contributed by atoms with Crippen molar-refractivity contribution in [1.82, 2.24) is 20.2 Å². The topological polar surface area (TPSA) is 54.5 Å². The van der Waals surface area contributed by atoms with Crippen LogP contribution in [0.1, 0.15) is 12.2 Å². The van der Waals surface area contributed by atoms with Crippen molar-refractivity contribution in [2.45, 2.75) is 6.43 Å². The average Bonchev–Trinajstić information content (AvgIpc) is 2.75. The van der Waals surface area contributed by atoms with Gasteiger partial charge in [-0.15, -0.1) is 11.3 Å². The lowest BCUT2D eigenvalue weighted by molar-refractivity contribution is 0.141. The summed E-state index contributed by atoms with van der Waals surface area (Å²) in [4.78, 5) is 7.47. The van der Waals surface area contributed by atoms with Crippen LogP contribution in [0.25, 0.3) is 10.8 Å². The first-order valence-corrected chi connectivity index (χ1v) is 4.25. The number of nitrogens with zero attached hydrogens (tertiary/aromatic N) is 3. The Kier molecular flexibility index (Phi) is 2.01. The zero-order valence-corrected chi connectivity index (χ0v) is 7.05. The fourth-order valence-electron chi connectivity index (χ4n) is 0.801. The van der Waals surface area contributed by atoms with Crippen LogP contribution < -0.4 is 0 Å². The Morgan fingerprint density at radius 2 is 2.31 bits per heavy atom. The highest BCUT2D eigenvalue weighted by Gasteiger charge is 2.14. The molecule has 2 rings (SSSR count). The summed E-state index contributed by atoms with van der Waals surface area (Å²) in [6.07, 6.45) is -1.06. The van der Waals surface area contributed by atoms with Crippen LogP contribution in [0.2, 0.25) is 0 Å². The maximum Gasteiger partial charge on any atom is 0.296 e. The van der Waals surface area contributed by atoms with Crippen LogP contribution in [0.4, 0.5) is 8.78 Å². The summed E-state index contributed by atoms with van der Waals surface area (Å²) in [6.45, 7) is 0. The van der Waals surface area contributed by atoms with Gasteiger partial charge < -0.3 is 0 Å². The van der Waals surface area contributed by atoms with Gasteiger partial charge >= 0.3 is 0 Å². The maximum atomic E-state index is 12.1. The third kappa shape index (κ3) is 1.55. The molecule has 0 saturated heterocycles. The fourth-order valence-corrected chi connectivity index (χ4v) is 1.37. The molecular weight excluding hydrogens is 198 g/mol. The molecule has 0 radical (unpaired) electrons. The van der Waals surface area contributed by atoms with E-state index in [0.717, 1.165) is 0 Å². The Morgan fingerprint density at radius 1 is 1.46 bits per heavy atom. The summed E-state index contributed by atoms with van der Waals surface area (Å²) < 4.78 is 24.1. The van der Waals surface area contributed by atoms with E-state index < -0.39 is 12.2 Å². The summed E-state index contributed by atoms with van der Waals surface area (Å²) in [5, 5.41) is 8.02. The number of nitrogens with one attached hydrogen (secondary N) is 1. The maximum absolute atomic E-state index is 12.1. The minimum Gasteiger partial charge on any atom is -0.258 e. The van der Waals surface area contributed by atoms with Gasteiger partial charge in [0.1, 0.15) is 0 Å². The SMILES string of the molecule is FC(F)c1nc(-c2nccs2)n[nH]1. The molecule has 0 aliphatic heterocycles. The zero-order valence-electron chi connectivity index (χ0n) is 6.24. The van der Waals surface area contributed by atoms with Crippen molar-refractivity contribution in [1.29, 1.82) is 0 Å². The van der Waals surface area contributed by atoms with E-state index in [1.165, 1.54) is 11.3 Å². The van der Waals surface area contributed by atoms with E-state index >= 15 is 0 Å². The van der Waals surface area contributed by atoms with E-state index in [-0.39, 0.29) is 5.82 Å². The van der Waals surface area contributed by atoms with E-state index in [0.29, 0.717) is 5.01 Å². The van der Waals surface area contributed by atoms with Crippen LogP contribution in [-0.2, 0) is 0 Å². The zero-order chi connectivity index (χ0) is 9.26. The van der Waals surface area contributed by atoms with Gasteiger partial charge in [0.2, 0.25) is 5.82 Å². The van der Waals surface area contributed by atoms with Gasteiger partial charge in [-0.1, -0.05) is 0 Å². The summed E-state index contributed by atoms with van der Waals surface area (Å²) in [6, 6.07) is 0. The van der Waals surface area contributed by atoms with Gasteiger partial charge in [0.25, 0.3) is 6.43 Å². The quantitative estimate of drug-likeness (QED) is 0.808. The molecule has 0 aromatic carbocycles. The average molecular weight is 202 g/mol. The van der Waals surface area contributed by atoms with Crippen molar-refractivity contribution in [2.24, 2.45) is 0 Å². The first-order valence-electron chi connectivity index (χ1n) is 3.37. The minimum absolute atomic E-state index is 0.213. The standard InChI is InChI=1S/C6H4F2N4S/c7-3(8)4-10-5(12-11-4)6-9-1-2-13-6/h1-3H,(H,10,11,12). The smallest absolute Gasteiger partial charge is 0.258 e. The summed E-state index contributed by atoms with van der Waals surface area (Å²) >= 11 is 1.30. The number of H-pyrrole nitrogens is 1. The molecule has 0 saturated carbocycles. The highest BCUT2D eigenvalue weighted by Crippen LogP contribution is 2.20. The van der Waals surface area contributed by atoms with Gasteiger partial charge in [-0.2, -0.15) is 5.10 Å². The van der Waals surface area contributed by atoms with Gasteiger partial charge in [-0.3, -0.25) is 5.10 Å². The van der Waals surface area contributed by atoms with E-state index in [1.807, 2.05) is 0 Å². The third-order valence-electron chi connectivity index (χ3n) is 1.33. The molecule has 2 aromatic rings. The molecule has 13 heavy (non-hydrogen) atoms. The van der Waals surface area contributed by atoms with Gasteiger partial charge in [-0.25, -0.2) is 18.7 Å². The molecule has 0 amide bonds. The summed E-state index contributed by atoms with van der Waals surface area (Å²) in [5.41, 5.74) is 0. The highest BCUT2D eigenvalue weighted by molar-refractivity contribution is 7.12. The molecule has 2 aromatic heterocycles. The number of thiazole rings is 1. The van der Waals surface area contributed by atoms with Crippen LogP contribution in [0, 0.1) is 0 Å². The fraction of sp³-hybridized carbons (Fsp3) is 0.167. The molecule has 4 nitrogen and oxygen atoms in total. The number of aromatic amines is 1. The number of hydrogen-bond acceptors (Lipinski definition) is 4. The van der Waals surface area contributed by atoms with Gasteiger partial charge in [0, 0.05) is 11.6 Å². The Hall–Kier alpha value is -1.37. The van der Waals surface area contributed by atoms with Crippen molar-refractivity contribution in [3.8, 4) is 10.8 Å². The van der Waals surface area contributed by atoms with E-state index in [4.69, 9.17) is 0 Å². The van der Waals surface area contributed by atoms with Crippen LogP contribution >= 0.6 is 11.3 Å². The Morgan fingerprint density at radius 3 is 2.85 bits per heavy atom. The van der Waals surface area contributed by atoms with Crippen molar-refractivity contribution in [3.63, 3.8) is 0 Å². The van der Waals surface area contributed by atoms with Gasteiger partial charge in [-0.05, 0) is 0 Å². The number of alkyl halides is 2. The second-order valence-corrected chi connectivity index (χ2v) is 3.08. The van der Waals surface area contributed by atoms with Crippen LogP contribution in [-0.4, -0.2) is 20.2 Å². The van der Waals surface area contributed by atoms with Crippen molar-refractivity contribution < 1.29 is 8.78 Å². The molecule has 1 N–H and O–H groups in total. The molecular formula is C6H4F2N4S. The van der Waals surface area contributed by atoms with E-state index in [2.05, 4.69) is 20.2 Å². The predicted octanol–water partition coefficient (Wildman–Crippen LogP) is 1.87. The van der Waals surface area contributed by atoms with Crippen LogP contribution in [0.3, 0.4) is 0 Å². The lowest BCUT2D eigenvalue weighted by Crippen LogP contribution is -1.86. The van der Waals surface area contributed by atoms with Crippen LogP contribution in [0.5, 0.6) is 0 Å². The number of aromatic nitrogens is 4. The lowest BCUT2D eigenvalue weighted by atomic mass is 10.6. The first kappa shape index (κ1) is 8.24. The molecule has 0 atom stereocenters. The Balaban J connectivity index is 2.33. The number of hydrogen-bond donors (Lipinski definition) is 1. The lowest BCUT2D eigenvalue weighted by Gasteiger charge is -1.87. The molecule has 0 aliphatic carbocycles. The third-order valence-corrected chi connectivity index (χ3v) is 2.10. The summed E-state index contributed by atoms with van der Waals surface area (Å²) in [7, 11) is 0. The molecule has 0 unspecified atom stereocenters. The number of halogens is 2. The largest absolute Gasteiger partial charge is 0.296 e. The van der Waals surface area contributed by atoms with Crippen molar-refractivity contribution in [3.05, 3.63) is 17.4 Å². The molecule has 68 valence electrons. The first-order chi connectivity index (χ1) is 6.27. The molecule has 7 heteroatoms. The Bertz CT molecular complexity index is 383. The van der Waals surface area contributed by atoms with Gasteiger partial charge in [0.15, 0.2) is 10.8 Å². The van der Waals surface area contributed by atoms with Crippen LogP contribution in [0.15, 0.2) is 11.6 Å². The van der Waals surface area contributed by atoms with Crippen molar-refractivity contribution in [2.75, 3.05) is 0 Å². The molecule has 0 aliphatic rings. The predicted molar refractivity (Wildman–Crippen MR) is 42.4 cm³/mol. The Labute approximate surface area is 75.7 Å². The summed E-state index contributed by atoms with van der Waals surface area (Å²) in [5.74, 6) is -0.212. The molecule has 0 fully saturated rings. The minimum atomic E-state index is -2.62. The van der Waals surface area contributed by atoms with E-state index in [9.17, 15) is 8.78 Å². The second-order valence-electron chi connectivity index (χ2n) is 2.18. The number of rotatable bonds is 2. The molecule has 0 spiro atoms. The monoisotopic (exact) mass is 202 g/mol. The molecule has 0 bridgehead atoms. The second kappa shape index (κ2) is 3.17. The normalized spacial score (nSPS) is 11.0. The van der Waals surface area contributed by atoms with E-state index in [1.54, 1.807) is 11.6 Å². The van der Waals surface area contributed by atoms with Crippen molar-refractivity contribution >= 4 is 11.3 Å². The molecule has 2 heterocycles.